The van der Waals surface area contributed by atoms with Crippen molar-refractivity contribution in [1.82, 2.24) is 15.5 Å². The Morgan fingerprint density at radius 3 is 2.47 bits per heavy atom. The highest BCUT2D eigenvalue weighted by molar-refractivity contribution is 6.09. The Morgan fingerprint density at radius 2 is 1.88 bits per heavy atom. The summed E-state index contributed by atoms with van der Waals surface area (Å²) in [6.45, 7) is 4.51. The third-order valence-corrected chi connectivity index (χ3v) is 5.74. The number of hydrogen-bond donors (Lipinski definition) is 2. The second-order valence-electron chi connectivity index (χ2n) is 9.58. The quantitative estimate of drug-likeness (QED) is 0.644. The molecule has 2 N–H and O–H groups in total. The smallest absolute Gasteiger partial charge is 0.422 e. The third-order valence-electron chi connectivity index (χ3n) is 5.74. The number of rotatable bonds is 6. The maximum Gasteiger partial charge on any atom is 0.422 e. The minimum Gasteiger partial charge on any atom is -0.484 e. The van der Waals surface area contributed by atoms with E-state index in [2.05, 4.69) is 36.1 Å². The first-order valence-electron chi connectivity index (χ1n) is 10.5. The number of ether oxygens (including phenoxy) is 1. The van der Waals surface area contributed by atoms with Crippen molar-refractivity contribution in [3.05, 3.63) is 29.8 Å². The second-order valence-corrected chi connectivity index (χ2v) is 9.58. The van der Waals surface area contributed by atoms with Crippen molar-refractivity contribution in [2.45, 2.75) is 58.3 Å². The first-order valence-corrected chi connectivity index (χ1v) is 10.5. The lowest BCUT2D eigenvalue weighted by molar-refractivity contribution is -0.153. The lowest BCUT2D eigenvalue weighted by atomic mass is 9.64. The van der Waals surface area contributed by atoms with Crippen LogP contribution < -0.4 is 15.4 Å². The molecule has 2 unspecified atom stereocenters. The number of alkyl halides is 3. The first kappa shape index (κ1) is 23.9. The molecule has 32 heavy (non-hydrogen) atoms. The van der Waals surface area contributed by atoms with Gasteiger partial charge in [-0.05, 0) is 48.3 Å². The molecule has 1 spiro atoms. The number of benzene rings is 1. The van der Waals surface area contributed by atoms with Crippen molar-refractivity contribution >= 4 is 17.8 Å². The predicted molar refractivity (Wildman–Crippen MR) is 110 cm³/mol. The average Bonchev–Trinajstić information content (AvgIpc) is 2.86. The summed E-state index contributed by atoms with van der Waals surface area (Å²) in [5.41, 5.74) is -0.436. The van der Waals surface area contributed by atoms with Gasteiger partial charge in [-0.2, -0.15) is 13.2 Å². The van der Waals surface area contributed by atoms with Crippen LogP contribution in [0, 0.1) is 11.3 Å². The zero-order chi connectivity index (χ0) is 23.7. The van der Waals surface area contributed by atoms with Gasteiger partial charge in [-0.15, -0.1) is 0 Å². The van der Waals surface area contributed by atoms with Gasteiger partial charge in [-0.1, -0.05) is 32.9 Å². The predicted octanol–water partition coefficient (Wildman–Crippen LogP) is 3.38. The number of urea groups is 1. The highest BCUT2D eigenvalue weighted by Crippen LogP contribution is 2.46. The zero-order valence-electron chi connectivity index (χ0n) is 18.3. The molecular formula is C22H28F3N3O4. The fourth-order valence-electron chi connectivity index (χ4n) is 4.92. The van der Waals surface area contributed by atoms with Crippen molar-refractivity contribution in [1.29, 1.82) is 0 Å². The van der Waals surface area contributed by atoms with Crippen molar-refractivity contribution in [3.63, 3.8) is 0 Å². The Labute approximate surface area is 184 Å². The van der Waals surface area contributed by atoms with E-state index in [0.717, 1.165) is 11.3 Å². The maximum absolute atomic E-state index is 13.1. The largest absolute Gasteiger partial charge is 0.484 e. The molecule has 0 aromatic heterocycles. The van der Waals surface area contributed by atoms with Gasteiger partial charge in [-0.3, -0.25) is 14.5 Å². The van der Waals surface area contributed by atoms with Gasteiger partial charge >= 0.3 is 12.2 Å². The van der Waals surface area contributed by atoms with E-state index < -0.39 is 36.8 Å². The molecule has 0 bridgehead atoms. The summed E-state index contributed by atoms with van der Waals surface area (Å²) in [4.78, 5) is 38.9. The number of amides is 4. The van der Waals surface area contributed by atoms with Crippen molar-refractivity contribution in [2.24, 2.45) is 11.3 Å². The van der Waals surface area contributed by atoms with Gasteiger partial charge in [0.2, 0.25) is 5.91 Å². The van der Waals surface area contributed by atoms with Crippen LogP contribution in [0.5, 0.6) is 5.75 Å². The molecule has 10 heteroatoms. The molecule has 1 heterocycles. The Kier molecular flexibility index (Phi) is 6.44. The molecule has 0 radical (unpaired) electrons. The highest BCUT2D eigenvalue weighted by atomic mass is 19.4. The van der Waals surface area contributed by atoms with E-state index in [1.807, 2.05) is 0 Å². The molecule has 1 aliphatic carbocycles. The molecule has 1 aliphatic heterocycles. The van der Waals surface area contributed by atoms with Gasteiger partial charge in [0.25, 0.3) is 5.91 Å². The number of hydrogen-bond acceptors (Lipinski definition) is 4. The van der Waals surface area contributed by atoms with E-state index in [9.17, 15) is 27.6 Å². The van der Waals surface area contributed by atoms with E-state index >= 15 is 0 Å². The van der Waals surface area contributed by atoms with Crippen LogP contribution in [0.1, 0.15) is 45.6 Å². The summed E-state index contributed by atoms with van der Waals surface area (Å²) < 4.78 is 41.2. The Morgan fingerprint density at radius 1 is 1.22 bits per heavy atom. The fourth-order valence-corrected chi connectivity index (χ4v) is 4.92. The summed E-state index contributed by atoms with van der Waals surface area (Å²) in [6.07, 6.45) is -2.40. The van der Waals surface area contributed by atoms with Gasteiger partial charge in [-0.25, -0.2) is 4.79 Å². The summed E-state index contributed by atoms with van der Waals surface area (Å²) in [6, 6.07) is 5.24. The van der Waals surface area contributed by atoms with Crippen LogP contribution >= 0.6 is 0 Å². The van der Waals surface area contributed by atoms with E-state index in [0.29, 0.717) is 18.4 Å². The molecule has 2 aliphatic rings. The van der Waals surface area contributed by atoms with Crippen LogP contribution in [0.25, 0.3) is 0 Å². The fraction of sp³-hybridized carbons (Fsp3) is 0.591. The lowest BCUT2D eigenvalue weighted by Gasteiger charge is -2.43. The minimum atomic E-state index is -4.42. The second kappa shape index (κ2) is 8.63. The number of carbonyl (C=O) groups excluding carboxylic acids is 3. The van der Waals surface area contributed by atoms with Crippen molar-refractivity contribution < 1.29 is 32.3 Å². The Hall–Kier alpha value is -2.78. The summed E-state index contributed by atoms with van der Waals surface area (Å²) in [7, 11) is 0. The molecular weight excluding hydrogens is 427 g/mol. The van der Waals surface area contributed by atoms with Gasteiger partial charge < -0.3 is 15.4 Å². The van der Waals surface area contributed by atoms with Crippen molar-refractivity contribution in [2.75, 3.05) is 13.2 Å². The SMILES string of the molecule is CC1CC(C)(C)CC2(C1)NC(=O)N(CC(=O)NCc1ccc(OCC(F)(F)F)cc1)C2=O. The van der Waals surface area contributed by atoms with Crippen molar-refractivity contribution in [3.8, 4) is 5.75 Å². The molecule has 1 saturated carbocycles. The monoisotopic (exact) mass is 455 g/mol. The van der Waals surface area contributed by atoms with E-state index in [1.54, 1.807) is 0 Å². The number of nitrogens with one attached hydrogen (secondary N) is 2. The van der Waals surface area contributed by atoms with Gasteiger partial charge in [0.15, 0.2) is 6.61 Å². The summed E-state index contributed by atoms with van der Waals surface area (Å²) in [5, 5.41) is 5.45. The molecule has 7 nitrogen and oxygen atoms in total. The molecule has 1 aromatic carbocycles. The molecule has 2 atom stereocenters. The topological polar surface area (TPSA) is 87.7 Å². The van der Waals surface area contributed by atoms with Crippen LogP contribution in [-0.2, 0) is 16.1 Å². The normalized spacial score (nSPS) is 25.1. The number of carbonyl (C=O) groups is 3. The highest BCUT2D eigenvalue weighted by Gasteiger charge is 2.56. The molecule has 4 amide bonds. The summed E-state index contributed by atoms with van der Waals surface area (Å²) in [5.74, 6) is -0.555. The molecule has 176 valence electrons. The standard InChI is InChI=1S/C22H28F3N3O4/c1-14-8-20(2,3)12-21(9-14)18(30)28(19(31)27-21)11-17(29)26-10-15-4-6-16(7-5-15)32-13-22(23,24)25/h4-7,14H,8-13H2,1-3H3,(H,26,29)(H,27,31). The number of imide groups is 1. The number of nitrogens with zero attached hydrogens (tertiary/aromatic N) is 1. The minimum absolute atomic E-state index is 0.0617. The molecule has 3 rings (SSSR count). The summed E-state index contributed by atoms with van der Waals surface area (Å²) >= 11 is 0. The molecule has 2 fully saturated rings. The van der Waals surface area contributed by atoms with Crippen LogP contribution in [-0.4, -0.2) is 47.6 Å². The lowest BCUT2D eigenvalue weighted by Crippen LogP contribution is -2.54. The zero-order valence-corrected chi connectivity index (χ0v) is 18.3. The Balaban J connectivity index is 1.54. The molecule has 1 aromatic rings. The van der Waals surface area contributed by atoms with E-state index in [4.69, 9.17) is 0 Å². The van der Waals surface area contributed by atoms with E-state index in [-0.39, 0.29) is 29.5 Å². The van der Waals surface area contributed by atoms with Crippen LogP contribution in [0.3, 0.4) is 0 Å². The van der Waals surface area contributed by atoms with Crippen LogP contribution in [0.2, 0.25) is 0 Å². The average molecular weight is 455 g/mol. The van der Waals surface area contributed by atoms with E-state index in [1.165, 1.54) is 24.3 Å². The van der Waals surface area contributed by atoms with Gasteiger partial charge in [0.05, 0.1) is 0 Å². The van der Waals surface area contributed by atoms with Gasteiger partial charge in [0, 0.05) is 6.54 Å². The van der Waals surface area contributed by atoms with Gasteiger partial charge in [0.1, 0.15) is 17.8 Å². The van der Waals surface area contributed by atoms with Crippen LogP contribution in [0.4, 0.5) is 18.0 Å². The molecule has 1 saturated heterocycles. The Bertz CT molecular complexity index is 885. The third kappa shape index (κ3) is 5.72. The number of halogens is 3. The maximum atomic E-state index is 13.1. The first-order chi connectivity index (χ1) is 14.8. The van der Waals surface area contributed by atoms with Crippen LogP contribution in [0.15, 0.2) is 24.3 Å².